The number of hydrogen-bond donors (Lipinski definition) is 0. The molecule has 0 radical (unpaired) electrons. The van der Waals surface area contributed by atoms with E-state index in [1.54, 1.807) is 8.05 Å². The van der Waals surface area contributed by atoms with Crippen LogP contribution in [0.25, 0.3) is 0 Å². The Bertz CT molecular complexity index is 154. The van der Waals surface area contributed by atoms with Gasteiger partial charge in [0.1, 0.15) is 19.0 Å². The molecule has 0 amide bonds. The zero-order valence-corrected chi connectivity index (χ0v) is 7.19. The normalized spacial score (nSPS) is 40.2. The van der Waals surface area contributed by atoms with Crippen LogP contribution in [0.2, 0.25) is 0 Å². The van der Waals surface area contributed by atoms with Crippen LogP contribution in [0, 0.1) is 0 Å². The first kappa shape index (κ1) is 8.50. The van der Waals surface area contributed by atoms with Crippen molar-refractivity contribution in [2.24, 2.45) is 0 Å². The zero-order chi connectivity index (χ0) is 8.39. The maximum Gasteiger partial charge on any atom is 0.260 e. The second-order valence-corrected chi connectivity index (χ2v) is 3.11. The van der Waals surface area contributed by atoms with Crippen molar-refractivity contribution in [2.75, 3.05) is 20.0 Å². The van der Waals surface area contributed by atoms with Gasteiger partial charge in [0, 0.05) is 6.61 Å². The molecule has 0 aromatic heterocycles. The Kier molecular flexibility index (Phi) is 2.65. The van der Waals surface area contributed by atoms with Gasteiger partial charge in [-0.2, -0.15) is 0 Å². The summed E-state index contributed by atoms with van der Waals surface area (Å²) in [7, 11) is 1.61. The van der Waals surface area contributed by atoms with Gasteiger partial charge < -0.3 is 18.9 Å². The molecule has 2 aliphatic rings. The van der Waals surface area contributed by atoms with E-state index in [0.717, 1.165) is 13.0 Å². The summed E-state index contributed by atoms with van der Waals surface area (Å²) in [5.74, 6) is 0. The van der Waals surface area contributed by atoms with Crippen LogP contribution >= 0.6 is 0 Å². The Hall–Kier alpha value is -0.0951. The maximum absolute atomic E-state index is 5.48. The lowest BCUT2D eigenvalue weighted by atomic mass is 10.1. The van der Waals surface area contributed by atoms with Gasteiger partial charge in [-0.05, 0) is 6.42 Å². The van der Waals surface area contributed by atoms with Crippen molar-refractivity contribution in [3.63, 3.8) is 0 Å². The van der Waals surface area contributed by atoms with Gasteiger partial charge in [-0.25, -0.2) is 0 Å². The Morgan fingerprint density at radius 2 is 2.33 bits per heavy atom. The lowest BCUT2D eigenvalue weighted by Crippen LogP contribution is -2.30. The van der Waals surface area contributed by atoms with Gasteiger partial charge in [0.25, 0.3) is 8.05 Å². The summed E-state index contributed by atoms with van der Waals surface area (Å²) < 4.78 is 21.2. The van der Waals surface area contributed by atoms with Gasteiger partial charge in [0.2, 0.25) is 0 Å². The van der Waals surface area contributed by atoms with E-state index in [-0.39, 0.29) is 18.3 Å². The zero-order valence-electron chi connectivity index (χ0n) is 7.19. The molecule has 2 rings (SSSR count). The standard InChI is InChI=1S/C7H13BO4/c8-12-4-11-6-3-10-5-1-2-9-7(5)6/h5-7H,1-4,8H2/t5-,6+,7+/m1/s1. The second kappa shape index (κ2) is 3.74. The number of fused-ring (bicyclic) bond motifs is 1. The van der Waals surface area contributed by atoms with Crippen LogP contribution in [0.15, 0.2) is 0 Å². The van der Waals surface area contributed by atoms with Crippen molar-refractivity contribution in [3.05, 3.63) is 0 Å². The average molecular weight is 172 g/mol. The minimum Gasteiger partial charge on any atom is -0.423 e. The van der Waals surface area contributed by atoms with E-state index in [1.165, 1.54) is 0 Å². The Morgan fingerprint density at radius 3 is 3.17 bits per heavy atom. The Morgan fingerprint density at radius 1 is 1.42 bits per heavy atom. The SMILES string of the molecule is BOCO[C@H]1CO[C@@H]2CCO[C@H]12. The summed E-state index contributed by atoms with van der Waals surface area (Å²) in [6, 6.07) is 0. The number of rotatable bonds is 3. The molecule has 2 saturated heterocycles. The van der Waals surface area contributed by atoms with Crippen molar-refractivity contribution >= 4 is 8.05 Å². The largest absolute Gasteiger partial charge is 0.423 e. The lowest BCUT2D eigenvalue weighted by Gasteiger charge is -2.15. The van der Waals surface area contributed by atoms with E-state index in [0.29, 0.717) is 13.4 Å². The summed E-state index contributed by atoms with van der Waals surface area (Å²) >= 11 is 0. The first-order chi connectivity index (χ1) is 5.92. The molecule has 12 heavy (non-hydrogen) atoms. The summed E-state index contributed by atoms with van der Waals surface area (Å²) in [6.07, 6.45) is 1.46. The van der Waals surface area contributed by atoms with Gasteiger partial charge >= 0.3 is 0 Å². The molecular formula is C7H13BO4. The van der Waals surface area contributed by atoms with E-state index in [1.807, 2.05) is 0 Å². The fourth-order valence-electron chi connectivity index (χ4n) is 1.73. The summed E-state index contributed by atoms with van der Waals surface area (Å²) in [4.78, 5) is 0. The number of hydrogen-bond acceptors (Lipinski definition) is 4. The quantitative estimate of drug-likeness (QED) is 0.407. The fourth-order valence-corrected chi connectivity index (χ4v) is 1.73. The van der Waals surface area contributed by atoms with Crippen molar-refractivity contribution in [1.82, 2.24) is 0 Å². The minimum atomic E-state index is 0.0671. The van der Waals surface area contributed by atoms with E-state index in [9.17, 15) is 0 Å². The van der Waals surface area contributed by atoms with E-state index in [2.05, 4.69) is 0 Å². The van der Waals surface area contributed by atoms with Crippen LogP contribution in [-0.2, 0) is 18.9 Å². The fraction of sp³-hybridized carbons (Fsp3) is 1.00. The molecule has 2 fully saturated rings. The Labute approximate surface area is 72.6 Å². The van der Waals surface area contributed by atoms with E-state index >= 15 is 0 Å². The molecule has 0 aliphatic carbocycles. The average Bonchev–Trinajstić information content (AvgIpc) is 2.62. The van der Waals surface area contributed by atoms with Crippen molar-refractivity contribution in [3.8, 4) is 0 Å². The minimum absolute atomic E-state index is 0.0671. The van der Waals surface area contributed by atoms with Crippen molar-refractivity contribution in [1.29, 1.82) is 0 Å². The molecule has 3 atom stereocenters. The predicted molar refractivity (Wildman–Crippen MR) is 43.5 cm³/mol. The molecule has 0 saturated carbocycles. The molecule has 5 heteroatoms. The first-order valence-electron chi connectivity index (χ1n) is 4.25. The predicted octanol–water partition coefficient (Wildman–Crippen LogP) is -0.919. The molecule has 0 spiro atoms. The maximum atomic E-state index is 5.48. The smallest absolute Gasteiger partial charge is 0.260 e. The van der Waals surface area contributed by atoms with Gasteiger partial charge in [-0.3, -0.25) is 0 Å². The highest BCUT2D eigenvalue weighted by atomic mass is 16.7. The highest BCUT2D eigenvalue weighted by Gasteiger charge is 2.42. The van der Waals surface area contributed by atoms with Crippen LogP contribution < -0.4 is 0 Å². The monoisotopic (exact) mass is 172 g/mol. The summed E-state index contributed by atoms with van der Waals surface area (Å²) in [5, 5.41) is 0. The van der Waals surface area contributed by atoms with Gasteiger partial charge in [-0.1, -0.05) is 0 Å². The van der Waals surface area contributed by atoms with Crippen LogP contribution in [0.1, 0.15) is 6.42 Å². The molecule has 0 N–H and O–H groups in total. The molecule has 2 heterocycles. The summed E-state index contributed by atoms with van der Waals surface area (Å²) in [5.41, 5.74) is 0. The molecule has 0 bridgehead atoms. The van der Waals surface area contributed by atoms with Crippen molar-refractivity contribution < 1.29 is 18.9 Å². The first-order valence-corrected chi connectivity index (χ1v) is 4.25. The molecular weight excluding hydrogens is 159 g/mol. The van der Waals surface area contributed by atoms with E-state index in [4.69, 9.17) is 18.9 Å². The lowest BCUT2D eigenvalue weighted by molar-refractivity contribution is -0.0792. The van der Waals surface area contributed by atoms with Gasteiger partial charge in [0.05, 0.1) is 12.7 Å². The molecule has 0 aromatic carbocycles. The third-order valence-corrected chi connectivity index (χ3v) is 2.32. The molecule has 68 valence electrons. The van der Waals surface area contributed by atoms with Crippen LogP contribution in [0.5, 0.6) is 0 Å². The topological polar surface area (TPSA) is 36.9 Å². The van der Waals surface area contributed by atoms with E-state index < -0.39 is 0 Å². The molecule has 2 aliphatic heterocycles. The summed E-state index contributed by atoms with van der Waals surface area (Å²) in [6.45, 7) is 1.75. The third-order valence-electron chi connectivity index (χ3n) is 2.32. The van der Waals surface area contributed by atoms with Gasteiger partial charge in [-0.15, -0.1) is 0 Å². The van der Waals surface area contributed by atoms with Crippen LogP contribution in [0.4, 0.5) is 0 Å². The Balaban J connectivity index is 1.83. The molecule has 0 aromatic rings. The highest BCUT2D eigenvalue weighted by molar-refractivity contribution is 5.97. The molecule has 4 nitrogen and oxygen atoms in total. The van der Waals surface area contributed by atoms with Crippen LogP contribution in [0.3, 0.4) is 0 Å². The number of ether oxygens (including phenoxy) is 3. The van der Waals surface area contributed by atoms with Crippen molar-refractivity contribution in [2.45, 2.75) is 24.7 Å². The third kappa shape index (κ3) is 1.50. The highest BCUT2D eigenvalue weighted by Crippen LogP contribution is 2.27. The van der Waals surface area contributed by atoms with Crippen LogP contribution in [-0.4, -0.2) is 46.4 Å². The van der Waals surface area contributed by atoms with Gasteiger partial charge in [0.15, 0.2) is 0 Å². The second-order valence-electron chi connectivity index (χ2n) is 3.11. The molecule has 0 unspecified atom stereocenters.